The topological polar surface area (TPSA) is 90.9 Å². The first-order chi connectivity index (χ1) is 8.69. The van der Waals surface area contributed by atoms with Crippen LogP contribution in [0.1, 0.15) is 31.5 Å². The van der Waals surface area contributed by atoms with Crippen molar-refractivity contribution in [2.75, 3.05) is 0 Å². The highest BCUT2D eigenvalue weighted by atomic mass is 32.2. The summed E-state index contributed by atoms with van der Waals surface area (Å²) in [5.74, 6) is 0.596. The molecule has 0 aliphatic carbocycles. The number of aromatic nitrogens is 3. The maximum Gasteiger partial charge on any atom is 0.273 e. The molecule has 0 aliphatic rings. The Labute approximate surface area is 116 Å². The van der Waals surface area contributed by atoms with Crippen molar-refractivity contribution in [3.63, 3.8) is 0 Å². The van der Waals surface area contributed by atoms with Crippen LogP contribution in [-0.4, -0.2) is 23.2 Å². The van der Waals surface area contributed by atoms with Crippen molar-refractivity contribution in [2.45, 2.75) is 37.9 Å². The van der Waals surface area contributed by atoms with Crippen LogP contribution < -0.4 is 5.14 Å². The summed E-state index contributed by atoms with van der Waals surface area (Å²) in [6.07, 6.45) is 0.539. The first-order valence-corrected chi connectivity index (χ1v) is 8.12. The summed E-state index contributed by atoms with van der Waals surface area (Å²) in [6.45, 7) is 5.68. The Morgan fingerprint density at radius 1 is 1.37 bits per heavy atom. The molecule has 0 unspecified atom stereocenters. The third-order valence-electron chi connectivity index (χ3n) is 2.54. The van der Waals surface area contributed by atoms with Crippen LogP contribution in [-0.2, 0) is 22.0 Å². The van der Waals surface area contributed by atoms with Crippen molar-refractivity contribution in [1.29, 1.82) is 0 Å². The lowest BCUT2D eigenvalue weighted by Gasteiger charge is -2.24. The molecule has 2 aromatic rings. The van der Waals surface area contributed by atoms with E-state index >= 15 is 0 Å². The van der Waals surface area contributed by atoms with E-state index in [0.29, 0.717) is 12.2 Å². The number of thiophene rings is 1. The number of primary sulfonamides is 1. The van der Waals surface area contributed by atoms with Gasteiger partial charge in [0.05, 0.1) is 0 Å². The van der Waals surface area contributed by atoms with Crippen LogP contribution in [0.3, 0.4) is 0 Å². The van der Waals surface area contributed by atoms with E-state index < -0.39 is 15.6 Å². The van der Waals surface area contributed by atoms with E-state index in [0.717, 1.165) is 4.88 Å². The molecule has 6 nitrogen and oxygen atoms in total. The predicted octanol–water partition coefficient (Wildman–Crippen LogP) is 1.33. The zero-order valence-corrected chi connectivity index (χ0v) is 12.6. The maximum atomic E-state index is 11.6. The lowest BCUT2D eigenvalue weighted by Crippen LogP contribution is -2.30. The van der Waals surface area contributed by atoms with Gasteiger partial charge in [-0.3, -0.25) is 4.57 Å². The molecule has 2 rings (SSSR count). The minimum absolute atomic E-state index is 0.188. The predicted molar refractivity (Wildman–Crippen MR) is 73.5 cm³/mol. The molecule has 19 heavy (non-hydrogen) atoms. The highest BCUT2D eigenvalue weighted by Gasteiger charge is 2.28. The van der Waals surface area contributed by atoms with Crippen LogP contribution in [0.25, 0.3) is 0 Å². The molecule has 0 spiro atoms. The van der Waals surface area contributed by atoms with E-state index in [1.165, 1.54) is 0 Å². The monoisotopic (exact) mass is 300 g/mol. The first kappa shape index (κ1) is 14.2. The molecule has 0 saturated heterocycles. The second-order valence-electron chi connectivity index (χ2n) is 5.21. The number of sulfonamides is 1. The summed E-state index contributed by atoms with van der Waals surface area (Å²) in [5, 5.41) is 14.7. The first-order valence-electron chi connectivity index (χ1n) is 5.69. The van der Waals surface area contributed by atoms with E-state index in [1.807, 2.05) is 38.3 Å². The Kier molecular flexibility index (Phi) is 3.50. The quantitative estimate of drug-likeness (QED) is 0.926. The van der Waals surface area contributed by atoms with Crippen LogP contribution >= 0.6 is 11.3 Å². The average Bonchev–Trinajstić information content (AvgIpc) is 2.84. The Morgan fingerprint density at radius 2 is 2.05 bits per heavy atom. The maximum absolute atomic E-state index is 11.6. The fourth-order valence-electron chi connectivity index (χ4n) is 1.84. The molecule has 2 heterocycles. The van der Waals surface area contributed by atoms with Crippen LogP contribution in [0.15, 0.2) is 22.7 Å². The van der Waals surface area contributed by atoms with Gasteiger partial charge in [0.2, 0.25) is 0 Å². The summed E-state index contributed by atoms with van der Waals surface area (Å²) in [6, 6.07) is 3.92. The van der Waals surface area contributed by atoms with Crippen molar-refractivity contribution >= 4 is 21.4 Å². The number of rotatable bonds is 3. The van der Waals surface area contributed by atoms with Crippen LogP contribution in [0.5, 0.6) is 0 Å². The highest BCUT2D eigenvalue weighted by Crippen LogP contribution is 2.23. The second-order valence-corrected chi connectivity index (χ2v) is 7.69. The SMILES string of the molecule is CC(C)(C)n1c(Cc2cccs2)nnc1S(N)(=O)=O. The molecule has 0 bridgehead atoms. The zero-order valence-electron chi connectivity index (χ0n) is 11.0. The van der Waals surface area contributed by atoms with Crippen LogP contribution in [0, 0.1) is 0 Å². The standard InChI is InChI=1S/C11H16N4O2S2/c1-11(2,3)15-9(7-8-5-4-6-18-8)13-14-10(15)19(12,16)17/h4-6H,7H2,1-3H3,(H2,12,16,17). The van der Waals surface area contributed by atoms with Crippen molar-refractivity contribution in [3.8, 4) is 0 Å². The normalized spacial score (nSPS) is 12.8. The van der Waals surface area contributed by atoms with Gasteiger partial charge in [-0.2, -0.15) is 0 Å². The van der Waals surface area contributed by atoms with E-state index in [-0.39, 0.29) is 5.16 Å². The van der Waals surface area contributed by atoms with Gasteiger partial charge in [-0.1, -0.05) is 6.07 Å². The van der Waals surface area contributed by atoms with Gasteiger partial charge in [0.15, 0.2) is 0 Å². The molecule has 0 saturated carbocycles. The molecular weight excluding hydrogens is 284 g/mol. The Bertz CT molecular complexity index is 666. The molecule has 2 aromatic heterocycles. The van der Waals surface area contributed by atoms with Gasteiger partial charge >= 0.3 is 0 Å². The Balaban J connectivity index is 2.54. The van der Waals surface area contributed by atoms with Gasteiger partial charge in [0.25, 0.3) is 15.2 Å². The zero-order chi connectivity index (χ0) is 14.3. The summed E-state index contributed by atoms with van der Waals surface area (Å²) in [5.41, 5.74) is -0.460. The second kappa shape index (κ2) is 4.69. The Hall–Kier alpha value is -1.25. The minimum Gasteiger partial charge on any atom is -0.295 e. The molecule has 0 amide bonds. The molecular formula is C11H16N4O2S2. The lowest BCUT2D eigenvalue weighted by molar-refractivity contribution is 0.352. The fraction of sp³-hybridized carbons (Fsp3) is 0.455. The van der Waals surface area contributed by atoms with Crippen molar-refractivity contribution in [1.82, 2.24) is 14.8 Å². The largest absolute Gasteiger partial charge is 0.295 e. The lowest BCUT2D eigenvalue weighted by atomic mass is 10.1. The van der Waals surface area contributed by atoms with Crippen molar-refractivity contribution in [3.05, 3.63) is 28.2 Å². The van der Waals surface area contributed by atoms with Gasteiger partial charge in [0.1, 0.15) is 5.82 Å². The van der Waals surface area contributed by atoms with Gasteiger partial charge in [-0.15, -0.1) is 21.5 Å². The van der Waals surface area contributed by atoms with Gasteiger partial charge in [-0.25, -0.2) is 13.6 Å². The van der Waals surface area contributed by atoms with Crippen LogP contribution in [0.2, 0.25) is 0 Å². The third kappa shape index (κ3) is 3.02. The summed E-state index contributed by atoms with van der Waals surface area (Å²) >= 11 is 1.59. The molecule has 0 aromatic carbocycles. The molecule has 0 atom stereocenters. The molecule has 0 aliphatic heterocycles. The Morgan fingerprint density at radius 3 is 2.53 bits per heavy atom. The number of hydrogen-bond donors (Lipinski definition) is 1. The molecule has 0 fully saturated rings. The third-order valence-corrected chi connectivity index (χ3v) is 4.19. The number of hydrogen-bond acceptors (Lipinski definition) is 5. The van der Waals surface area contributed by atoms with Crippen LogP contribution in [0.4, 0.5) is 0 Å². The summed E-state index contributed by atoms with van der Waals surface area (Å²) < 4.78 is 24.7. The van der Waals surface area contributed by atoms with Crippen molar-refractivity contribution in [2.24, 2.45) is 5.14 Å². The van der Waals surface area contributed by atoms with E-state index in [2.05, 4.69) is 10.2 Å². The molecule has 8 heteroatoms. The minimum atomic E-state index is -3.88. The highest BCUT2D eigenvalue weighted by molar-refractivity contribution is 7.89. The van der Waals surface area contributed by atoms with E-state index in [9.17, 15) is 8.42 Å². The van der Waals surface area contributed by atoms with E-state index in [1.54, 1.807) is 15.9 Å². The van der Waals surface area contributed by atoms with Crippen molar-refractivity contribution < 1.29 is 8.42 Å². The summed E-state index contributed by atoms with van der Waals surface area (Å²) in [7, 11) is -3.88. The molecule has 2 N–H and O–H groups in total. The van der Waals surface area contributed by atoms with Gasteiger partial charge in [-0.05, 0) is 32.2 Å². The fourth-order valence-corrected chi connectivity index (χ4v) is 3.33. The van der Waals surface area contributed by atoms with Gasteiger partial charge < -0.3 is 0 Å². The van der Waals surface area contributed by atoms with E-state index in [4.69, 9.17) is 5.14 Å². The molecule has 0 radical (unpaired) electrons. The average molecular weight is 300 g/mol. The smallest absolute Gasteiger partial charge is 0.273 e. The summed E-state index contributed by atoms with van der Waals surface area (Å²) in [4.78, 5) is 1.10. The molecule has 104 valence electrons. The number of nitrogens with zero attached hydrogens (tertiary/aromatic N) is 3. The van der Waals surface area contributed by atoms with Gasteiger partial charge in [0, 0.05) is 16.8 Å². The number of nitrogens with two attached hydrogens (primary N) is 1.